The molecule has 0 aromatic carbocycles. The number of aromatic nitrogens is 2. The van der Waals surface area contributed by atoms with Crippen molar-refractivity contribution in [3.63, 3.8) is 0 Å². The van der Waals surface area contributed by atoms with Gasteiger partial charge < -0.3 is 10.3 Å². The van der Waals surface area contributed by atoms with Gasteiger partial charge in [0.25, 0.3) is 0 Å². The molecular formula is C9H13ClF3N3. The fourth-order valence-corrected chi connectivity index (χ4v) is 1.78. The van der Waals surface area contributed by atoms with Crippen LogP contribution in [0.3, 0.4) is 0 Å². The summed E-state index contributed by atoms with van der Waals surface area (Å²) in [6, 6.07) is 0.0898. The molecule has 0 bridgehead atoms. The molecule has 1 saturated heterocycles. The first-order valence-electron chi connectivity index (χ1n) is 4.88. The van der Waals surface area contributed by atoms with Gasteiger partial charge in [0.1, 0.15) is 5.82 Å². The van der Waals surface area contributed by atoms with Crippen molar-refractivity contribution in [3.05, 3.63) is 17.7 Å². The van der Waals surface area contributed by atoms with Crippen LogP contribution in [0.4, 0.5) is 13.2 Å². The molecule has 7 heteroatoms. The van der Waals surface area contributed by atoms with Gasteiger partial charge in [-0.2, -0.15) is 13.2 Å². The molecule has 0 aliphatic carbocycles. The SMILES string of the molecule is Cl.FC(F)(F)Cc1cnc([C@@H]2CCCN2)[nH]1. The first-order valence-corrected chi connectivity index (χ1v) is 4.88. The zero-order valence-electron chi connectivity index (χ0n) is 8.47. The normalized spacial score (nSPS) is 20.8. The van der Waals surface area contributed by atoms with Crippen LogP contribution in [0, 0.1) is 0 Å². The minimum atomic E-state index is -4.17. The summed E-state index contributed by atoms with van der Waals surface area (Å²) in [5.74, 6) is 0.617. The number of hydrogen-bond acceptors (Lipinski definition) is 2. The predicted molar refractivity (Wildman–Crippen MR) is 55.6 cm³/mol. The molecule has 0 amide bonds. The third-order valence-electron chi connectivity index (χ3n) is 2.43. The number of rotatable bonds is 2. The maximum absolute atomic E-state index is 12.1. The standard InChI is InChI=1S/C9H12F3N3.ClH/c10-9(11,12)4-6-5-14-8(15-6)7-2-1-3-13-7;/h5,7,13H,1-4H2,(H,14,15);1H/t7-;/m0./s1. The second-order valence-electron chi connectivity index (χ2n) is 3.73. The predicted octanol–water partition coefficient (Wildman–Crippen LogP) is 2.36. The molecule has 2 heterocycles. The fourth-order valence-electron chi connectivity index (χ4n) is 1.78. The highest BCUT2D eigenvalue weighted by Gasteiger charge is 2.29. The quantitative estimate of drug-likeness (QED) is 0.852. The van der Waals surface area contributed by atoms with E-state index in [1.807, 2.05) is 0 Å². The van der Waals surface area contributed by atoms with E-state index in [2.05, 4.69) is 15.3 Å². The summed E-state index contributed by atoms with van der Waals surface area (Å²) < 4.78 is 36.2. The number of halogens is 4. The van der Waals surface area contributed by atoms with Crippen molar-refractivity contribution in [1.82, 2.24) is 15.3 Å². The summed E-state index contributed by atoms with van der Waals surface area (Å²) >= 11 is 0. The number of nitrogens with zero attached hydrogens (tertiary/aromatic N) is 1. The van der Waals surface area contributed by atoms with Crippen molar-refractivity contribution in [1.29, 1.82) is 0 Å². The molecule has 1 fully saturated rings. The number of hydrogen-bond donors (Lipinski definition) is 2. The average molecular weight is 256 g/mol. The summed E-state index contributed by atoms with van der Waals surface area (Å²) in [6.07, 6.45) is -1.87. The van der Waals surface area contributed by atoms with E-state index in [9.17, 15) is 13.2 Å². The zero-order valence-corrected chi connectivity index (χ0v) is 9.29. The van der Waals surface area contributed by atoms with Gasteiger partial charge in [0.15, 0.2) is 0 Å². The van der Waals surface area contributed by atoms with Crippen LogP contribution in [0.15, 0.2) is 6.20 Å². The lowest BCUT2D eigenvalue weighted by Crippen LogP contribution is -2.15. The molecule has 1 aromatic heterocycles. The molecule has 1 atom stereocenters. The van der Waals surface area contributed by atoms with E-state index in [0.717, 1.165) is 19.4 Å². The van der Waals surface area contributed by atoms with E-state index in [1.165, 1.54) is 6.20 Å². The monoisotopic (exact) mass is 255 g/mol. The van der Waals surface area contributed by atoms with Gasteiger partial charge in [-0.05, 0) is 19.4 Å². The van der Waals surface area contributed by atoms with E-state index in [4.69, 9.17) is 0 Å². The summed E-state index contributed by atoms with van der Waals surface area (Å²) in [5.41, 5.74) is 0.131. The summed E-state index contributed by atoms with van der Waals surface area (Å²) in [6.45, 7) is 0.903. The van der Waals surface area contributed by atoms with Crippen molar-refractivity contribution < 1.29 is 13.2 Å². The molecule has 1 aliphatic rings. The molecule has 1 aromatic rings. The Balaban J connectivity index is 0.00000128. The first kappa shape index (κ1) is 13.3. The Hall–Kier alpha value is -0.750. The average Bonchev–Trinajstić information content (AvgIpc) is 2.68. The Bertz CT molecular complexity index is 331. The van der Waals surface area contributed by atoms with Crippen LogP contribution in [-0.4, -0.2) is 22.7 Å². The Kier molecular flexibility index (Phi) is 4.21. The molecule has 1 aliphatic heterocycles. The van der Waals surface area contributed by atoms with Crippen molar-refractivity contribution in [2.45, 2.75) is 31.5 Å². The molecular weight excluding hydrogens is 243 g/mol. The minimum absolute atomic E-state index is 0. The van der Waals surface area contributed by atoms with Crippen LogP contribution in [0.5, 0.6) is 0 Å². The molecule has 2 rings (SSSR count). The van der Waals surface area contributed by atoms with Gasteiger partial charge in [0.2, 0.25) is 0 Å². The molecule has 92 valence electrons. The van der Waals surface area contributed by atoms with Crippen LogP contribution in [0.1, 0.15) is 30.4 Å². The van der Waals surface area contributed by atoms with Crippen molar-refractivity contribution in [2.75, 3.05) is 6.54 Å². The smallest absolute Gasteiger partial charge is 0.344 e. The highest BCUT2D eigenvalue weighted by molar-refractivity contribution is 5.85. The maximum Gasteiger partial charge on any atom is 0.394 e. The van der Waals surface area contributed by atoms with Gasteiger partial charge >= 0.3 is 6.18 Å². The van der Waals surface area contributed by atoms with Gasteiger partial charge in [-0.15, -0.1) is 12.4 Å². The number of nitrogens with one attached hydrogen (secondary N) is 2. The van der Waals surface area contributed by atoms with Gasteiger partial charge in [-0.3, -0.25) is 0 Å². The van der Waals surface area contributed by atoms with Crippen molar-refractivity contribution in [2.24, 2.45) is 0 Å². The van der Waals surface area contributed by atoms with Crippen LogP contribution >= 0.6 is 12.4 Å². The third kappa shape index (κ3) is 3.38. The van der Waals surface area contributed by atoms with Gasteiger partial charge in [-0.1, -0.05) is 0 Å². The molecule has 16 heavy (non-hydrogen) atoms. The molecule has 0 spiro atoms. The fraction of sp³-hybridized carbons (Fsp3) is 0.667. The Morgan fingerprint density at radius 2 is 2.19 bits per heavy atom. The maximum atomic E-state index is 12.1. The van der Waals surface area contributed by atoms with Crippen LogP contribution in [0.25, 0.3) is 0 Å². The summed E-state index contributed by atoms with van der Waals surface area (Å²) in [4.78, 5) is 6.68. The van der Waals surface area contributed by atoms with E-state index >= 15 is 0 Å². The van der Waals surface area contributed by atoms with Crippen molar-refractivity contribution in [3.8, 4) is 0 Å². The lowest BCUT2D eigenvalue weighted by molar-refractivity contribution is -0.127. The lowest BCUT2D eigenvalue weighted by atomic mass is 10.2. The largest absolute Gasteiger partial charge is 0.394 e. The van der Waals surface area contributed by atoms with E-state index in [-0.39, 0.29) is 24.1 Å². The summed E-state index contributed by atoms with van der Waals surface area (Å²) in [7, 11) is 0. The molecule has 3 nitrogen and oxygen atoms in total. The Morgan fingerprint density at radius 1 is 1.44 bits per heavy atom. The molecule has 2 N–H and O–H groups in total. The summed E-state index contributed by atoms with van der Waals surface area (Å²) in [5, 5.41) is 3.17. The second-order valence-corrected chi connectivity index (χ2v) is 3.73. The minimum Gasteiger partial charge on any atom is -0.344 e. The van der Waals surface area contributed by atoms with Crippen LogP contribution in [-0.2, 0) is 6.42 Å². The second kappa shape index (κ2) is 5.05. The topological polar surface area (TPSA) is 40.7 Å². The number of aromatic amines is 1. The van der Waals surface area contributed by atoms with E-state index in [0.29, 0.717) is 5.82 Å². The highest BCUT2D eigenvalue weighted by Crippen LogP contribution is 2.23. The Morgan fingerprint density at radius 3 is 2.75 bits per heavy atom. The zero-order chi connectivity index (χ0) is 10.9. The molecule has 0 unspecified atom stereocenters. The first-order chi connectivity index (χ1) is 7.04. The molecule has 0 saturated carbocycles. The van der Waals surface area contributed by atoms with Crippen LogP contribution in [0.2, 0.25) is 0 Å². The van der Waals surface area contributed by atoms with Gasteiger partial charge in [0.05, 0.1) is 12.5 Å². The van der Waals surface area contributed by atoms with E-state index < -0.39 is 12.6 Å². The lowest BCUT2D eigenvalue weighted by Gasteiger charge is -2.06. The van der Waals surface area contributed by atoms with Gasteiger partial charge in [-0.25, -0.2) is 4.98 Å². The van der Waals surface area contributed by atoms with E-state index in [1.54, 1.807) is 0 Å². The number of imidazole rings is 1. The highest BCUT2D eigenvalue weighted by atomic mass is 35.5. The third-order valence-corrected chi connectivity index (χ3v) is 2.43. The Labute approximate surface area is 97.2 Å². The van der Waals surface area contributed by atoms with Gasteiger partial charge in [0, 0.05) is 11.9 Å². The number of alkyl halides is 3. The number of H-pyrrole nitrogens is 1. The van der Waals surface area contributed by atoms with Crippen LogP contribution < -0.4 is 5.32 Å². The molecule has 0 radical (unpaired) electrons. The van der Waals surface area contributed by atoms with Crippen molar-refractivity contribution >= 4 is 12.4 Å².